The molecule has 0 saturated carbocycles. The molecule has 0 aliphatic carbocycles. The molecule has 0 saturated heterocycles. The van der Waals surface area contributed by atoms with Gasteiger partial charge in [0, 0.05) is 11.2 Å². The summed E-state index contributed by atoms with van der Waals surface area (Å²) in [7, 11) is 0. The van der Waals surface area contributed by atoms with E-state index in [2.05, 4.69) is 17.0 Å². The first-order valence-corrected chi connectivity index (χ1v) is 8.07. The molecular formula is C19H18ClN3O2. The number of aromatic amines is 1. The first-order valence-electron chi connectivity index (χ1n) is 7.69. The summed E-state index contributed by atoms with van der Waals surface area (Å²) in [5.41, 5.74) is 3.16. The second-order valence-corrected chi connectivity index (χ2v) is 6.30. The minimum absolute atomic E-state index is 0.0382. The Bertz CT molecular complexity index is 1110. The minimum atomic E-state index is -0.234. The molecule has 2 aromatic carbocycles. The van der Waals surface area contributed by atoms with Crippen LogP contribution in [0.2, 0.25) is 5.02 Å². The van der Waals surface area contributed by atoms with Gasteiger partial charge in [0.2, 0.25) is 0 Å². The van der Waals surface area contributed by atoms with Gasteiger partial charge in [0.15, 0.2) is 0 Å². The van der Waals surface area contributed by atoms with Crippen molar-refractivity contribution >= 4 is 30.1 Å². The molecular weight excluding hydrogens is 338 g/mol. The Kier molecular flexibility index (Phi) is 4.42. The predicted molar refractivity (Wildman–Crippen MR) is 102 cm³/mol. The highest BCUT2D eigenvalue weighted by atomic mass is 35.5. The van der Waals surface area contributed by atoms with E-state index in [0.717, 1.165) is 16.8 Å². The molecule has 0 amide bonds. The molecule has 3 aromatic rings. The predicted octanol–water partition coefficient (Wildman–Crippen LogP) is 2.40. The second-order valence-electron chi connectivity index (χ2n) is 5.86. The highest BCUT2D eigenvalue weighted by molar-refractivity contribution is 6.30. The lowest BCUT2D eigenvalue weighted by Crippen LogP contribution is -2.34. The van der Waals surface area contributed by atoms with Crippen LogP contribution in [0.25, 0.3) is 18.5 Å². The number of nitrogens with zero attached hydrogens (tertiary/aromatic N) is 1. The quantitative estimate of drug-likeness (QED) is 0.632. The van der Waals surface area contributed by atoms with Crippen LogP contribution < -0.4 is 21.4 Å². The van der Waals surface area contributed by atoms with Crippen molar-refractivity contribution in [3.05, 3.63) is 73.5 Å². The summed E-state index contributed by atoms with van der Waals surface area (Å²) in [6.45, 7) is 7.90. The number of phenolic OH excluding ortho intramolecular Hbond substituents is 1. The Hall–Kier alpha value is -2.92. The maximum absolute atomic E-state index is 12.7. The first kappa shape index (κ1) is 16.9. The van der Waals surface area contributed by atoms with Crippen molar-refractivity contribution in [1.82, 2.24) is 9.78 Å². The summed E-state index contributed by atoms with van der Waals surface area (Å²) in [4.78, 5) is 12.7. The van der Waals surface area contributed by atoms with Gasteiger partial charge in [-0.3, -0.25) is 9.89 Å². The summed E-state index contributed by atoms with van der Waals surface area (Å²) in [5.74, 6) is 0.0382. The summed E-state index contributed by atoms with van der Waals surface area (Å²) < 4.78 is 1.44. The molecule has 0 fully saturated rings. The molecule has 0 bridgehead atoms. The van der Waals surface area contributed by atoms with E-state index in [9.17, 15) is 9.90 Å². The van der Waals surface area contributed by atoms with E-state index >= 15 is 0 Å². The number of rotatable bonds is 3. The third-order valence-electron chi connectivity index (χ3n) is 4.08. The standard InChI is InChI=1S/C19H18ClN3O2/c1-11-4-6-15(8-12(11)2)23-19(25)16(13(3)22-23)10-21-17-9-14(20)5-7-18(17)24/h4-10,21-22,24H,3H2,1-2H3. The second kappa shape index (κ2) is 6.53. The monoisotopic (exact) mass is 355 g/mol. The number of halogens is 1. The van der Waals surface area contributed by atoms with E-state index in [1.54, 1.807) is 12.1 Å². The molecule has 6 heteroatoms. The van der Waals surface area contributed by atoms with Crippen LogP contribution in [0.4, 0.5) is 5.69 Å². The maximum Gasteiger partial charge on any atom is 0.280 e. The number of aromatic hydroxyl groups is 1. The normalized spacial score (nSPS) is 11.7. The fourth-order valence-corrected chi connectivity index (χ4v) is 2.64. The van der Waals surface area contributed by atoms with Gasteiger partial charge in [0.25, 0.3) is 5.56 Å². The van der Waals surface area contributed by atoms with E-state index in [1.807, 2.05) is 32.0 Å². The lowest BCUT2D eigenvalue weighted by molar-refractivity contribution is 0.478. The largest absolute Gasteiger partial charge is 0.506 e. The summed E-state index contributed by atoms with van der Waals surface area (Å²) in [6, 6.07) is 10.4. The molecule has 0 radical (unpaired) electrons. The van der Waals surface area contributed by atoms with Crippen molar-refractivity contribution in [1.29, 1.82) is 0 Å². The highest BCUT2D eigenvalue weighted by Gasteiger charge is 2.06. The number of hydrogen-bond acceptors (Lipinski definition) is 3. The van der Waals surface area contributed by atoms with Gasteiger partial charge >= 0.3 is 0 Å². The fraction of sp³-hybridized carbons (Fsp3) is 0.105. The highest BCUT2D eigenvalue weighted by Crippen LogP contribution is 2.26. The van der Waals surface area contributed by atoms with Gasteiger partial charge in [0.05, 0.1) is 21.9 Å². The van der Waals surface area contributed by atoms with Crippen LogP contribution in [0.15, 0.2) is 41.2 Å². The van der Waals surface area contributed by atoms with Gasteiger partial charge in [0.1, 0.15) is 5.75 Å². The van der Waals surface area contributed by atoms with Crippen LogP contribution in [-0.4, -0.2) is 14.9 Å². The van der Waals surface area contributed by atoms with Gasteiger partial charge in [-0.25, -0.2) is 4.68 Å². The Morgan fingerprint density at radius 1 is 1.20 bits per heavy atom. The van der Waals surface area contributed by atoms with Crippen LogP contribution in [0.1, 0.15) is 11.1 Å². The fourth-order valence-electron chi connectivity index (χ4n) is 2.46. The first-order chi connectivity index (χ1) is 11.9. The Morgan fingerprint density at radius 3 is 2.68 bits per heavy atom. The number of aromatic nitrogens is 2. The van der Waals surface area contributed by atoms with Crippen molar-refractivity contribution in [2.45, 2.75) is 13.8 Å². The third-order valence-corrected chi connectivity index (χ3v) is 4.32. The molecule has 0 unspecified atom stereocenters. The molecule has 5 nitrogen and oxygen atoms in total. The Labute approximate surface area is 149 Å². The molecule has 3 rings (SSSR count). The average Bonchev–Trinajstić information content (AvgIpc) is 2.85. The van der Waals surface area contributed by atoms with Crippen LogP contribution in [0.3, 0.4) is 0 Å². The lowest BCUT2D eigenvalue weighted by atomic mass is 10.1. The molecule has 0 aliphatic heterocycles. The smallest absolute Gasteiger partial charge is 0.280 e. The number of nitrogens with one attached hydrogen (secondary N) is 2. The van der Waals surface area contributed by atoms with Crippen molar-refractivity contribution in [2.75, 3.05) is 5.32 Å². The third kappa shape index (κ3) is 3.32. The topological polar surface area (TPSA) is 70.0 Å². The van der Waals surface area contributed by atoms with Crippen LogP contribution in [0, 0.1) is 13.8 Å². The van der Waals surface area contributed by atoms with Crippen molar-refractivity contribution in [2.24, 2.45) is 0 Å². The number of phenols is 1. The van der Waals surface area contributed by atoms with Crippen LogP contribution >= 0.6 is 11.6 Å². The van der Waals surface area contributed by atoms with Crippen molar-refractivity contribution in [3.8, 4) is 11.4 Å². The average molecular weight is 356 g/mol. The molecule has 0 spiro atoms. The molecule has 1 aromatic heterocycles. The number of benzene rings is 2. The van der Waals surface area contributed by atoms with Crippen LogP contribution in [-0.2, 0) is 0 Å². The summed E-state index contributed by atoms with van der Waals surface area (Å²) in [6.07, 6.45) is 1.50. The Balaban J connectivity index is 2.05. The summed E-state index contributed by atoms with van der Waals surface area (Å²) >= 11 is 5.92. The number of aryl methyl sites for hydroxylation is 2. The number of anilines is 1. The zero-order chi connectivity index (χ0) is 18.1. The maximum atomic E-state index is 12.7. The zero-order valence-corrected chi connectivity index (χ0v) is 14.7. The van der Waals surface area contributed by atoms with Gasteiger partial charge in [-0.15, -0.1) is 0 Å². The Morgan fingerprint density at radius 2 is 1.96 bits per heavy atom. The molecule has 0 aliphatic rings. The molecule has 1 heterocycles. The van der Waals surface area contributed by atoms with E-state index < -0.39 is 0 Å². The minimum Gasteiger partial charge on any atom is -0.506 e. The van der Waals surface area contributed by atoms with E-state index in [-0.39, 0.29) is 11.3 Å². The van der Waals surface area contributed by atoms with Gasteiger partial charge in [-0.2, -0.15) is 0 Å². The zero-order valence-electron chi connectivity index (χ0n) is 13.9. The van der Waals surface area contributed by atoms with Crippen LogP contribution in [0.5, 0.6) is 5.75 Å². The van der Waals surface area contributed by atoms with Gasteiger partial charge in [-0.1, -0.05) is 24.2 Å². The number of hydrogen-bond donors (Lipinski definition) is 3. The van der Waals surface area contributed by atoms with E-state index in [1.165, 1.54) is 16.9 Å². The number of H-pyrrole nitrogens is 1. The van der Waals surface area contributed by atoms with Gasteiger partial charge in [-0.05, 0) is 55.3 Å². The molecule has 0 atom stereocenters. The lowest BCUT2D eigenvalue weighted by Gasteiger charge is -2.05. The molecule has 25 heavy (non-hydrogen) atoms. The van der Waals surface area contributed by atoms with E-state index in [0.29, 0.717) is 21.3 Å². The van der Waals surface area contributed by atoms with E-state index in [4.69, 9.17) is 11.6 Å². The van der Waals surface area contributed by atoms with Gasteiger partial charge < -0.3 is 10.4 Å². The summed E-state index contributed by atoms with van der Waals surface area (Å²) in [5, 5.41) is 17.0. The molecule has 128 valence electrons. The SMILES string of the molecule is C=c1[nH]n(-c2ccc(C)c(C)c2)c(=O)c1=CNc1cc(Cl)ccc1O. The molecule has 3 N–H and O–H groups in total. The van der Waals surface area contributed by atoms with Crippen molar-refractivity contribution < 1.29 is 5.11 Å². The van der Waals surface area contributed by atoms with Crippen molar-refractivity contribution in [3.63, 3.8) is 0 Å².